The van der Waals surface area contributed by atoms with E-state index in [2.05, 4.69) is 101 Å². The zero-order valence-electron chi connectivity index (χ0n) is 32.5. The number of benzene rings is 2. The average Bonchev–Trinajstić information content (AvgIpc) is 3.19. The molecule has 304 valence electrons. The number of alkyl halides is 4. The van der Waals surface area contributed by atoms with Gasteiger partial charge in [-0.1, -0.05) is 202 Å². The molecule has 2 aromatic carbocycles. The Morgan fingerprint density at radius 3 is 1.13 bits per heavy atom. The Morgan fingerprint density at radius 2 is 0.833 bits per heavy atom. The monoisotopic (exact) mass is 1200 g/mol. The first-order valence-electron chi connectivity index (χ1n) is 21.0. The van der Waals surface area contributed by atoms with Gasteiger partial charge in [-0.2, -0.15) is 0 Å². The Hall–Kier alpha value is 0.220. The Kier molecular flexibility index (Phi) is 28.1. The first kappa shape index (κ1) is 48.6. The second-order valence-electron chi connectivity index (χ2n) is 15.0. The Labute approximate surface area is 382 Å². The standard InChI is InChI=1S/C34H44I4O4.2C5H11N/c35-27(36)21-13-3-1-5-15-23-41-33(39)31-29(25-17-9-7-10-18-25)32(30(31)26-19-11-8-12-20-26)34(40)42-24-16-6-2-4-14-22-28(37)38;2*1-2-4-6-5-3-1/h7-12,17-20,27-32H,1-6,13-16,21-24H2;2*6H,1-5H2/p+2. The summed E-state index contributed by atoms with van der Waals surface area (Å²) in [6, 6.07) is 20.0. The Bertz CT molecular complexity index is 1110. The van der Waals surface area contributed by atoms with Gasteiger partial charge in [0.15, 0.2) is 0 Å². The van der Waals surface area contributed by atoms with Gasteiger partial charge in [0.25, 0.3) is 0 Å². The number of carbonyl (C=O) groups excluding carboxylic acids is 2. The molecule has 10 heteroatoms. The van der Waals surface area contributed by atoms with Gasteiger partial charge in [-0.3, -0.25) is 9.59 Å². The Morgan fingerprint density at radius 1 is 0.500 bits per heavy atom. The van der Waals surface area contributed by atoms with Gasteiger partial charge in [0.1, 0.15) is 0 Å². The molecule has 0 atom stereocenters. The smallest absolute Gasteiger partial charge is 0.310 e. The van der Waals surface area contributed by atoms with Crippen molar-refractivity contribution in [2.75, 3.05) is 39.4 Å². The summed E-state index contributed by atoms with van der Waals surface area (Å²) in [6.45, 7) is 6.37. The molecule has 0 unspecified atom stereocenters. The largest absolute Gasteiger partial charge is 0.465 e. The number of rotatable bonds is 20. The van der Waals surface area contributed by atoms with E-state index in [9.17, 15) is 9.59 Å². The lowest BCUT2D eigenvalue weighted by Crippen LogP contribution is -2.85. The van der Waals surface area contributed by atoms with Crippen LogP contribution < -0.4 is 10.6 Å². The van der Waals surface area contributed by atoms with Crippen LogP contribution in [0.2, 0.25) is 0 Å². The number of carbonyl (C=O) groups is 2. The number of unbranched alkanes of at least 4 members (excludes halogenated alkanes) is 8. The second kappa shape index (κ2) is 31.2. The van der Waals surface area contributed by atoms with E-state index in [1.807, 2.05) is 60.7 Å². The summed E-state index contributed by atoms with van der Waals surface area (Å²) in [6.07, 6.45) is 22.4. The van der Waals surface area contributed by atoms with E-state index >= 15 is 0 Å². The highest BCUT2D eigenvalue weighted by Crippen LogP contribution is 2.58. The van der Waals surface area contributed by atoms with E-state index in [4.69, 9.17) is 9.47 Å². The molecular formula is C44H68I4N2O4+2. The zero-order chi connectivity index (χ0) is 38.6. The van der Waals surface area contributed by atoms with Crippen LogP contribution in [0.15, 0.2) is 60.7 Å². The van der Waals surface area contributed by atoms with Crippen LogP contribution in [0.1, 0.15) is 139 Å². The maximum Gasteiger partial charge on any atom is 0.310 e. The fourth-order valence-corrected chi connectivity index (χ4v) is 9.47. The van der Waals surface area contributed by atoms with E-state index in [-0.39, 0.29) is 23.8 Å². The summed E-state index contributed by atoms with van der Waals surface area (Å²) in [7, 11) is 0. The molecular weight excluding hydrogens is 1130 g/mol. The summed E-state index contributed by atoms with van der Waals surface area (Å²) >= 11 is 9.88. The van der Waals surface area contributed by atoms with Crippen LogP contribution in [0.4, 0.5) is 0 Å². The lowest BCUT2D eigenvalue weighted by Gasteiger charge is -2.49. The van der Waals surface area contributed by atoms with Crippen molar-refractivity contribution in [3.05, 3.63) is 71.8 Å². The quantitative estimate of drug-likeness (QED) is 0.0599. The normalized spacial score (nSPS) is 20.9. The second-order valence-corrected chi connectivity index (χ2v) is 25.8. The molecule has 6 nitrogen and oxygen atoms in total. The highest BCUT2D eigenvalue weighted by molar-refractivity contribution is 14.2. The first-order valence-corrected chi connectivity index (χ1v) is 26.0. The number of hydrogen-bond donors (Lipinski definition) is 2. The molecule has 54 heavy (non-hydrogen) atoms. The molecule has 2 aliphatic heterocycles. The van der Waals surface area contributed by atoms with Gasteiger partial charge in [-0.15, -0.1) is 0 Å². The third-order valence-electron chi connectivity index (χ3n) is 10.7. The molecule has 2 aromatic rings. The van der Waals surface area contributed by atoms with Gasteiger partial charge in [0.2, 0.25) is 0 Å². The molecule has 0 bridgehead atoms. The Balaban J connectivity index is 0.000000548. The van der Waals surface area contributed by atoms with Gasteiger partial charge < -0.3 is 20.1 Å². The van der Waals surface area contributed by atoms with E-state index in [0.717, 1.165) is 36.8 Å². The fraction of sp³-hybridized carbons (Fsp3) is 0.682. The summed E-state index contributed by atoms with van der Waals surface area (Å²) in [4.78, 5) is 27.2. The van der Waals surface area contributed by atoms with Crippen molar-refractivity contribution in [3.63, 3.8) is 0 Å². The third kappa shape index (κ3) is 20.3. The van der Waals surface area contributed by atoms with Gasteiger partial charge >= 0.3 is 11.9 Å². The molecule has 1 aliphatic carbocycles. The molecule has 3 aliphatic rings. The molecule has 0 spiro atoms. The molecule has 5 rings (SSSR count). The van der Waals surface area contributed by atoms with E-state index in [0.29, 0.717) is 17.1 Å². The van der Waals surface area contributed by atoms with Crippen molar-refractivity contribution in [2.45, 2.75) is 131 Å². The average molecular weight is 1200 g/mol. The van der Waals surface area contributed by atoms with Gasteiger partial charge in [-0.05, 0) is 75.3 Å². The number of quaternary nitrogens is 2. The van der Waals surface area contributed by atoms with Crippen LogP contribution in [0, 0.1) is 11.8 Å². The predicted octanol–water partition coefficient (Wildman–Crippen LogP) is 10.4. The lowest BCUT2D eigenvalue weighted by molar-refractivity contribution is -0.662. The summed E-state index contributed by atoms with van der Waals surface area (Å²) in [5.74, 6) is -1.70. The predicted molar refractivity (Wildman–Crippen MR) is 257 cm³/mol. The minimum atomic E-state index is -0.406. The SMILES string of the molecule is C1CC[NH2+]CC1.C1CC[NH2+]CC1.O=C(OCCCCCCCC(I)I)C1C(c2ccccc2)C(C(=O)OCCCCCCCC(I)I)C1c1ccccc1. The van der Waals surface area contributed by atoms with Crippen molar-refractivity contribution >= 4 is 102 Å². The number of ether oxygens (including phenoxy) is 2. The first-order chi connectivity index (χ1) is 26.4. The van der Waals surface area contributed by atoms with Crippen LogP contribution in [0.25, 0.3) is 0 Å². The van der Waals surface area contributed by atoms with Gasteiger partial charge in [-0.25, -0.2) is 0 Å². The number of esters is 2. The van der Waals surface area contributed by atoms with E-state index in [1.165, 1.54) is 116 Å². The molecule has 1 saturated carbocycles. The number of piperidine rings is 2. The molecule has 0 radical (unpaired) electrons. The van der Waals surface area contributed by atoms with Gasteiger partial charge in [0, 0.05) is 11.8 Å². The number of halogens is 4. The molecule has 0 aromatic heterocycles. The van der Waals surface area contributed by atoms with Crippen molar-refractivity contribution in [3.8, 4) is 0 Å². The highest BCUT2D eigenvalue weighted by Gasteiger charge is 2.59. The van der Waals surface area contributed by atoms with Crippen LogP contribution >= 0.6 is 90.4 Å². The summed E-state index contributed by atoms with van der Waals surface area (Å²) in [5, 5.41) is 4.78. The number of hydrogen-bond acceptors (Lipinski definition) is 4. The summed E-state index contributed by atoms with van der Waals surface area (Å²) < 4.78 is 13.2. The van der Waals surface area contributed by atoms with Crippen LogP contribution in [-0.4, -0.2) is 55.2 Å². The van der Waals surface area contributed by atoms with Crippen molar-refractivity contribution in [1.82, 2.24) is 0 Å². The lowest BCUT2D eigenvalue weighted by atomic mass is 9.52. The molecule has 0 amide bonds. The molecule has 2 heterocycles. The molecule has 3 fully saturated rings. The minimum Gasteiger partial charge on any atom is -0.465 e. The summed E-state index contributed by atoms with van der Waals surface area (Å²) in [5.41, 5.74) is 2.00. The maximum atomic E-state index is 13.6. The highest BCUT2D eigenvalue weighted by atomic mass is 127. The van der Waals surface area contributed by atoms with E-state index in [1.54, 1.807) is 0 Å². The number of nitrogens with two attached hydrogens (primary N) is 2. The fourth-order valence-electron chi connectivity index (χ4n) is 7.71. The van der Waals surface area contributed by atoms with Crippen LogP contribution in [-0.2, 0) is 19.1 Å². The van der Waals surface area contributed by atoms with Crippen LogP contribution in [0.5, 0.6) is 0 Å². The topological polar surface area (TPSA) is 85.8 Å². The third-order valence-corrected chi connectivity index (χ3v) is 13.2. The van der Waals surface area contributed by atoms with E-state index < -0.39 is 11.8 Å². The van der Waals surface area contributed by atoms with Crippen molar-refractivity contribution in [2.24, 2.45) is 11.8 Å². The minimum absolute atomic E-state index is 0.195. The van der Waals surface area contributed by atoms with Crippen molar-refractivity contribution in [1.29, 1.82) is 0 Å². The molecule has 4 N–H and O–H groups in total. The zero-order valence-corrected chi connectivity index (χ0v) is 41.1. The van der Waals surface area contributed by atoms with Crippen LogP contribution in [0.3, 0.4) is 0 Å². The molecule has 2 saturated heterocycles. The maximum absolute atomic E-state index is 13.6. The van der Waals surface area contributed by atoms with Gasteiger partial charge in [0.05, 0.1) is 55.1 Å². The van der Waals surface area contributed by atoms with Crippen molar-refractivity contribution < 1.29 is 29.7 Å².